The number of nitrogens with two attached hydrogens (primary N) is 1. The van der Waals surface area contributed by atoms with Crippen LogP contribution in [0.3, 0.4) is 0 Å². The van der Waals surface area contributed by atoms with Gasteiger partial charge < -0.3 is 10.5 Å². The van der Waals surface area contributed by atoms with Crippen LogP contribution in [0.1, 0.15) is 29.2 Å². The molecule has 30 heavy (non-hydrogen) atoms. The van der Waals surface area contributed by atoms with Crippen molar-refractivity contribution in [2.24, 2.45) is 0 Å². The summed E-state index contributed by atoms with van der Waals surface area (Å²) < 4.78 is 6.04. The van der Waals surface area contributed by atoms with Gasteiger partial charge in [-0.2, -0.15) is 4.68 Å². The zero-order valence-corrected chi connectivity index (χ0v) is 15.7. The van der Waals surface area contributed by atoms with Gasteiger partial charge in [0.1, 0.15) is 11.6 Å². The van der Waals surface area contributed by atoms with Gasteiger partial charge in [-0.3, -0.25) is 14.4 Å². The zero-order chi connectivity index (χ0) is 21.3. The summed E-state index contributed by atoms with van der Waals surface area (Å²) in [5, 5.41) is 7.97. The Morgan fingerprint density at radius 1 is 1.10 bits per heavy atom. The highest BCUT2D eigenvalue weighted by molar-refractivity contribution is 6.00. The Hall–Kier alpha value is -4.08. The fourth-order valence-electron chi connectivity index (χ4n) is 3.29. The van der Waals surface area contributed by atoms with Crippen LogP contribution in [0.5, 0.6) is 0 Å². The van der Waals surface area contributed by atoms with Gasteiger partial charge in [-0.25, -0.2) is 9.69 Å². The molecule has 10 heteroatoms. The van der Waals surface area contributed by atoms with Gasteiger partial charge in [0.15, 0.2) is 6.73 Å². The molecule has 1 atom stereocenters. The second kappa shape index (κ2) is 7.74. The van der Waals surface area contributed by atoms with E-state index in [1.165, 1.54) is 0 Å². The van der Waals surface area contributed by atoms with E-state index in [-0.39, 0.29) is 29.5 Å². The number of hydrogen-bond donors (Lipinski definition) is 1. The van der Waals surface area contributed by atoms with Gasteiger partial charge in [-0.05, 0) is 30.7 Å². The molecular weight excluding hydrogens is 390 g/mol. The molecule has 2 N–H and O–H groups in total. The maximum atomic E-state index is 12.9. The van der Waals surface area contributed by atoms with E-state index < -0.39 is 36.1 Å². The topological polar surface area (TPSA) is 137 Å². The van der Waals surface area contributed by atoms with Gasteiger partial charge in [0.05, 0.1) is 10.9 Å². The van der Waals surface area contributed by atoms with Crippen LogP contribution in [0.4, 0.5) is 5.69 Å². The molecule has 0 aliphatic carbocycles. The standard InChI is InChI=1S/C20H17N5O5/c21-13-7-4-8-14-17(13)19(28)25(23-22-14)15-9-10-16(26)24(18(15)27)11-30-20(29)12-5-2-1-3-6-12/h1-8,15H,9-11,21H2. The van der Waals surface area contributed by atoms with Crippen molar-refractivity contribution in [3.05, 3.63) is 64.4 Å². The highest BCUT2D eigenvalue weighted by Crippen LogP contribution is 2.23. The number of amides is 2. The minimum absolute atomic E-state index is 0.0181. The van der Waals surface area contributed by atoms with Gasteiger partial charge in [0.2, 0.25) is 5.91 Å². The molecule has 1 aliphatic rings. The molecule has 152 valence electrons. The first-order valence-corrected chi connectivity index (χ1v) is 9.17. The van der Waals surface area contributed by atoms with Crippen molar-refractivity contribution >= 4 is 34.4 Å². The number of carbonyl (C=O) groups is 3. The van der Waals surface area contributed by atoms with Crippen molar-refractivity contribution < 1.29 is 19.1 Å². The van der Waals surface area contributed by atoms with Crippen LogP contribution in [0.25, 0.3) is 10.9 Å². The van der Waals surface area contributed by atoms with E-state index in [2.05, 4.69) is 10.3 Å². The number of anilines is 1. The number of carbonyl (C=O) groups excluding carboxylic acids is 3. The van der Waals surface area contributed by atoms with Crippen molar-refractivity contribution in [3.63, 3.8) is 0 Å². The quantitative estimate of drug-likeness (QED) is 0.382. The largest absolute Gasteiger partial charge is 0.440 e. The summed E-state index contributed by atoms with van der Waals surface area (Å²) in [6, 6.07) is 11.9. The third-order valence-electron chi connectivity index (χ3n) is 4.86. The summed E-state index contributed by atoms with van der Waals surface area (Å²) in [7, 11) is 0. The summed E-state index contributed by atoms with van der Waals surface area (Å²) in [4.78, 5) is 51.0. The van der Waals surface area contributed by atoms with Gasteiger partial charge in [0, 0.05) is 12.1 Å². The molecule has 0 radical (unpaired) electrons. The van der Waals surface area contributed by atoms with E-state index in [9.17, 15) is 19.2 Å². The van der Waals surface area contributed by atoms with Crippen LogP contribution >= 0.6 is 0 Å². The third-order valence-corrected chi connectivity index (χ3v) is 4.86. The van der Waals surface area contributed by atoms with E-state index in [0.29, 0.717) is 5.52 Å². The number of aromatic nitrogens is 3. The molecule has 4 rings (SSSR count). The molecular formula is C20H17N5O5. The number of benzene rings is 2. The lowest BCUT2D eigenvalue weighted by molar-refractivity contribution is -0.156. The van der Waals surface area contributed by atoms with E-state index in [0.717, 1.165) is 9.58 Å². The van der Waals surface area contributed by atoms with Crippen molar-refractivity contribution in [1.82, 2.24) is 19.9 Å². The molecule has 1 fully saturated rings. The fourth-order valence-corrected chi connectivity index (χ4v) is 3.29. The first kappa shape index (κ1) is 19.2. The number of ether oxygens (including phenoxy) is 1. The predicted octanol–water partition coefficient (Wildman–Crippen LogP) is 0.878. The minimum Gasteiger partial charge on any atom is -0.440 e. The molecule has 0 spiro atoms. The second-order valence-electron chi connectivity index (χ2n) is 6.72. The third kappa shape index (κ3) is 3.39. The van der Waals surface area contributed by atoms with Gasteiger partial charge >= 0.3 is 5.97 Å². The van der Waals surface area contributed by atoms with E-state index in [1.807, 2.05) is 0 Å². The number of nitrogen functional groups attached to an aromatic ring is 1. The number of esters is 1. The van der Waals surface area contributed by atoms with Crippen molar-refractivity contribution in [2.45, 2.75) is 18.9 Å². The Labute approximate surface area is 169 Å². The molecule has 2 amide bonds. The van der Waals surface area contributed by atoms with E-state index in [1.54, 1.807) is 48.5 Å². The Kier molecular flexibility index (Phi) is 4.97. The summed E-state index contributed by atoms with van der Waals surface area (Å²) in [5.41, 5.74) is 6.13. The van der Waals surface area contributed by atoms with Crippen molar-refractivity contribution in [2.75, 3.05) is 12.5 Å². The van der Waals surface area contributed by atoms with Crippen LogP contribution in [-0.4, -0.2) is 44.4 Å². The number of nitrogens with zero attached hydrogens (tertiary/aromatic N) is 4. The summed E-state index contributed by atoms with van der Waals surface area (Å²) in [6.45, 7) is -0.556. The summed E-state index contributed by atoms with van der Waals surface area (Å²) in [6.07, 6.45) is 0.0589. The molecule has 3 aromatic rings. The number of imide groups is 1. The van der Waals surface area contributed by atoms with Crippen molar-refractivity contribution in [1.29, 1.82) is 0 Å². The van der Waals surface area contributed by atoms with E-state index in [4.69, 9.17) is 10.5 Å². The molecule has 1 aromatic heterocycles. The molecule has 0 saturated carbocycles. The minimum atomic E-state index is -1.05. The first-order valence-electron chi connectivity index (χ1n) is 9.17. The lowest BCUT2D eigenvalue weighted by atomic mass is 10.0. The highest BCUT2D eigenvalue weighted by atomic mass is 16.5. The van der Waals surface area contributed by atoms with Crippen LogP contribution in [0.15, 0.2) is 53.3 Å². The highest BCUT2D eigenvalue weighted by Gasteiger charge is 2.37. The Bertz CT molecular complexity index is 1210. The number of piperidine rings is 1. The Morgan fingerprint density at radius 3 is 2.63 bits per heavy atom. The number of rotatable bonds is 4. The van der Waals surface area contributed by atoms with E-state index >= 15 is 0 Å². The average Bonchev–Trinajstić information content (AvgIpc) is 2.75. The lowest BCUT2D eigenvalue weighted by Gasteiger charge is -2.30. The maximum absolute atomic E-state index is 12.9. The SMILES string of the molecule is Nc1cccc2nnn(C3CCC(=O)N(COC(=O)c4ccccc4)C3=O)c(=O)c12. The Morgan fingerprint density at radius 2 is 1.87 bits per heavy atom. The van der Waals surface area contributed by atoms with Crippen LogP contribution < -0.4 is 11.3 Å². The average molecular weight is 407 g/mol. The number of hydrogen-bond acceptors (Lipinski definition) is 8. The van der Waals surface area contributed by atoms with Gasteiger partial charge in [-0.15, -0.1) is 5.10 Å². The molecule has 2 heterocycles. The number of fused-ring (bicyclic) bond motifs is 1. The smallest absolute Gasteiger partial charge is 0.339 e. The predicted molar refractivity (Wildman–Crippen MR) is 105 cm³/mol. The molecule has 1 saturated heterocycles. The summed E-state index contributed by atoms with van der Waals surface area (Å²) >= 11 is 0. The molecule has 10 nitrogen and oxygen atoms in total. The second-order valence-corrected chi connectivity index (χ2v) is 6.72. The zero-order valence-electron chi connectivity index (χ0n) is 15.7. The number of likely N-dealkylation sites (tertiary alicyclic amines) is 1. The molecule has 2 aromatic carbocycles. The maximum Gasteiger partial charge on any atom is 0.339 e. The molecule has 0 bridgehead atoms. The van der Waals surface area contributed by atoms with Gasteiger partial charge in [-0.1, -0.05) is 29.5 Å². The summed E-state index contributed by atoms with van der Waals surface area (Å²) in [5.74, 6) is -1.87. The normalized spacial score (nSPS) is 16.7. The fraction of sp³-hybridized carbons (Fsp3) is 0.200. The molecule has 1 aliphatic heterocycles. The van der Waals surface area contributed by atoms with Crippen molar-refractivity contribution in [3.8, 4) is 0 Å². The lowest BCUT2D eigenvalue weighted by Crippen LogP contribution is -2.49. The van der Waals surface area contributed by atoms with Gasteiger partial charge in [0.25, 0.3) is 11.5 Å². The van der Waals surface area contributed by atoms with Crippen LogP contribution in [0.2, 0.25) is 0 Å². The first-order chi connectivity index (χ1) is 14.5. The Balaban J connectivity index is 1.58. The van der Waals surface area contributed by atoms with Crippen LogP contribution in [0, 0.1) is 0 Å². The molecule has 1 unspecified atom stereocenters. The van der Waals surface area contributed by atoms with Crippen LogP contribution in [-0.2, 0) is 14.3 Å². The monoisotopic (exact) mass is 407 g/mol.